The van der Waals surface area contributed by atoms with Crippen LogP contribution in [-0.4, -0.2) is 11.7 Å². The Bertz CT molecular complexity index is 207. The Balaban J connectivity index is 3.16. The molecular formula is C15H26O. The van der Waals surface area contributed by atoms with Gasteiger partial charge in [0.1, 0.15) is 0 Å². The number of allylic oxidation sites excluding steroid dienone is 2. The van der Waals surface area contributed by atoms with Crippen molar-refractivity contribution in [2.45, 2.75) is 64.7 Å². The van der Waals surface area contributed by atoms with Gasteiger partial charge in [-0.05, 0) is 32.1 Å². The van der Waals surface area contributed by atoms with E-state index in [0.717, 1.165) is 32.1 Å². The summed E-state index contributed by atoms with van der Waals surface area (Å²) in [6, 6.07) is 0. The van der Waals surface area contributed by atoms with Crippen LogP contribution < -0.4 is 0 Å². The third-order valence-electron chi connectivity index (χ3n) is 2.40. The molecule has 0 saturated carbocycles. The standard InChI is InChI=1S/C15H26O/c1-2-3-4-5-6-7-8-9-10-11-12-13-14-15-16/h5-6,16H,2-4,7-9,12-15H2,1H3/b6-5-. The van der Waals surface area contributed by atoms with Crippen LogP contribution in [0.5, 0.6) is 0 Å². The van der Waals surface area contributed by atoms with Gasteiger partial charge in [-0.3, -0.25) is 0 Å². The zero-order chi connectivity index (χ0) is 11.9. The second-order valence-corrected chi connectivity index (χ2v) is 4.04. The van der Waals surface area contributed by atoms with E-state index in [1.165, 1.54) is 25.7 Å². The molecule has 0 bridgehead atoms. The van der Waals surface area contributed by atoms with Crippen LogP contribution in [0, 0.1) is 11.8 Å². The third kappa shape index (κ3) is 13.3. The maximum absolute atomic E-state index is 8.57. The van der Waals surface area contributed by atoms with Crippen molar-refractivity contribution in [3.05, 3.63) is 12.2 Å². The molecule has 0 aromatic carbocycles. The van der Waals surface area contributed by atoms with Gasteiger partial charge < -0.3 is 5.11 Å². The molecule has 0 atom stereocenters. The Morgan fingerprint density at radius 3 is 2.12 bits per heavy atom. The monoisotopic (exact) mass is 222 g/mol. The summed E-state index contributed by atoms with van der Waals surface area (Å²) in [5.41, 5.74) is 0. The second-order valence-electron chi connectivity index (χ2n) is 4.04. The smallest absolute Gasteiger partial charge is 0.0431 e. The van der Waals surface area contributed by atoms with Crippen LogP contribution in [0.2, 0.25) is 0 Å². The van der Waals surface area contributed by atoms with Crippen LogP contribution in [0.15, 0.2) is 12.2 Å². The summed E-state index contributed by atoms with van der Waals surface area (Å²) >= 11 is 0. The molecule has 1 N–H and O–H groups in total. The van der Waals surface area contributed by atoms with Crippen molar-refractivity contribution < 1.29 is 5.11 Å². The van der Waals surface area contributed by atoms with Crippen molar-refractivity contribution in [1.82, 2.24) is 0 Å². The lowest BCUT2D eigenvalue weighted by atomic mass is 10.2. The van der Waals surface area contributed by atoms with Gasteiger partial charge in [0.15, 0.2) is 0 Å². The summed E-state index contributed by atoms with van der Waals surface area (Å²) < 4.78 is 0. The first kappa shape index (κ1) is 15.3. The minimum absolute atomic E-state index is 0.296. The quantitative estimate of drug-likeness (QED) is 0.354. The first-order valence-corrected chi connectivity index (χ1v) is 6.63. The molecule has 0 radical (unpaired) electrons. The van der Waals surface area contributed by atoms with E-state index in [2.05, 4.69) is 30.9 Å². The van der Waals surface area contributed by atoms with Crippen LogP contribution in [0.4, 0.5) is 0 Å². The van der Waals surface area contributed by atoms with Crippen molar-refractivity contribution in [3.63, 3.8) is 0 Å². The number of unbranched alkanes of at least 4 members (excludes halogenated alkanes) is 6. The van der Waals surface area contributed by atoms with Crippen LogP contribution in [0.25, 0.3) is 0 Å². The highest BCUT2D eigenvalue weighted by atomic mass is 16.2. The van der Waals surface area contributed by atoms with E-state index in [-0.39, 0.29) is 0 Å². The fraction of sp³-hybridized carbons (Fsp3) is 0.733. The van der Waals surface area contributed by atoms with E-state index in [9.17, 15) is 0 Å². The lowest BCUT2D eigenvalue weighted by Crippen LogP contribution is -1.80. The average Bonchev–Trinajstić information content (AvgIpc) is 2.31. The average molecular weight is 222 g/mol. The zero-order valence-corrected chi connectivity index (χ0v) is 10.7. The van der Waals surface area contributed by atoms with Crippen LogP contribution in [0.1, 0.15) is 64.7 Å². The van der Waals surface area contributed by atoms with E-state index in [1.807, 2.05) is 0 Å². The van der Waals surface area contributed by atoms with Gasteiger partial charge in [-0.15, -0.1) is 11.8 Å². The van der Waals surface area contributed by atoms with Crippen molar-refractivity contribution in [1.29, 1.82) is 0 Å². The lowest BCUT2D eigenvalue weighted by molar-refractivity contribution is 0.285. The van der Waals surface area contributed by atoms with Gasteiger partial charge in [0.2, 0.25) is 0 Å². The van der Waals surface area contributed by atoms with Gasteiger partial charge in [0.05, 0.1) is 0 Å². The Kier molecular flexibility index (Phi) is 13.6. The van der Waals surface area contributed by atoms with Gasteiger partial charge >= 0.3 is 0 Å². The first-order valence-electron chi connectivity index (χ1n) is 6.63. The molecule has 0 unspecified atom stereocenters. The summed E-state index contributed by atoms with van der Waals surface area (Å²) in [5.74, 6) is 6.33. The highest BCUT2D eigenvalue weighted by Gasteiger charge is 1.83. The second kappa shape index (κ2) is 14.3. The minimum Gasteiger partial charge on any atom is -0.396 e. The molecule has 1 heteroatoms. The fourth-order valence-corrected chi connectivity index (χ4v) is 1.37. The van der Waals surface area contributed by atoms with Crippen molar-refractivity contribution in [3.8, 4) is 11.8 Å². The maximum Gasteiger partial charge on any atom is 0.0431 e. The Labute approximate surface area is 101 Å². The normalized spacial score (nSPS) is 10.4. The Hall–Kier alpha value is -0.740. The number of hydrogen-bond donors (Lipinski definition) is 1. The molecule has 0 aromatic heterocycles. The van der Waals surface area contributed by atoms with E-state index in [1.54, 1.807) is 0 Å². The molecule has 0 spiro atoms. The molecule has 0 rings (SSSR count). The molecule has 0 aromatic rings. The molecule has 0 fully saturated rings. The molecule has 1 nitrogen and oxygen atoms in total. The molecule has 0 aliphatic heterocycles. The highest BCUT2D eigenvalue weighted by Crippen LogP contribution is 2.00. The van der Waals surface area contributed by atoms with Crippen LogP contribution >= 0.6 is 0 Å². The SMILES string of the molecule is CCCC/C=C\CCCC#CCCCCO. The van der Waals surface area contributed by atoms with Gasteiger partial charge in [0.25, 0.3) is 0 Å². The van der Waals surface area contributed by atoms with Gasteiger partial charge in [0, 0.05) is 19.4 Å². The number of aliphatic hydroxyl groups excluding tert-OH is 1. The van der Waals surface area contributed by atoms with E-state index >= 15 is 0 Å². The van der Waals surface area contributed by atoms with Crippen molar-refractivity contribution >= 4 is 0 Å². The largest absolute Gasteiger partial charge is 0.396 e. The molecule has 0 aliphatic rings. The molecule has 16 heavy (non-hydrogen) atoms. The summed E-state index contributed by atoms with van der Waals surface area (Å²) in [4.78, 5) is 0. The first-order chi connectivity index (χ1) is 7.91. The van der Waals surface area contributed by atoms with E-state index < -0.39 is 0 Å². The molecule has 0 aliphatic carbocycles. The van der Waals surface area contributed by atoms with Gasteiger partial charge in [-0.1, -0.05) is 31.9 Å². The minimum atomic E-state index is 0.296. The van der Waals surface area contributed by atoms with Gasteiger partial charge in [-0.2, -0.15) is 0 Å². The van der Waals surface area contributed by atoms with Crippen molar-refractivity contribution in [2.24, 2.45) is 0 Å². The summed E-state index contributed by atoms with van der Waals surface area (Å²) in [5, 5.41) is 8.57. The zero-order valence-electron chi connectivity index (χ0n) is 10.7. The van der Waals surface area contributed by atoms with Crippen LogP contribution in [0.3, 0.4) is 0 Å². The molecule has 0 saturated heterocycles. The summed E-state index contributed by atoms with van der Waals surface area (Å²) in [7, 11) is 0. The van der Waals surface area contributed by atoms with E-state index in [4.69, 9.17) is 5.11 Å². The summed E-state index contributed by atoms with van der Waals surface area (Å²) in [6.07, 6.45) is 14.6. The number of aliphatic hydroxyl groups is 1. The number of hydrogen-bond acceptors (Lipinski definition) is 1. The topological polar surface area (TPSA) is 20.2 Å². The molecular weight excluding hydrogens is 196 g/mol. The molecule has 92 valence electrons. The highest BCUT2D eigenvalue weighted by molar-refractivity contribution is 4.99. The number of rotatable bonds is 9. The maximum atomic E-state index is 8.57. The predicted octanol–water partition coefficient (Wildman–Crippen LogP) is 4.07. The van der Waals surface area contributed by atoms with Crippen molar-refractivity contribution in [2.75, 3.05) is 6.61 Å². The lowest BCUT2D eigenvalue weighted by Gasteiger charge is -1.90. The molecule has 0 heterocycles. The van der Waals surface area contributed by atoms with Gasteiger partial charge in [-0.25, -0.2) is 0 Å². The van der Waals surface area contributed by atoms with Crippen LogP contribution in [-0.2, 0) is 0 Å². The fourth-order valence-electron chi connectivity index (χ4n) is 1.37. The Morgan fingerprint density at radius 1 is 0.875 bits per heavy atom. The molecule has 0 amide bonds. The third-order valence-corrected chi connectivity index (χ3v) is 2.40. The summed E-state index contributed by atoms with van der Waals surface area (Å²) in [6.45, 7) is 2.52. The predicted molar refractivity (Wildman–Crippen MR) is 71.2 cm³/mol. The Morgan fingerprint density at radius 2 is 1.50 bits per heavy atom. The van der Waals surface area contributed by atoms with E-state index in [0.29, 0.717) is 6.61 Å².